The molecule has 0 aliphatic carbocycles. The predicted octanol–water partition coefficient (Wildman–Crippen LogP) is 4.93. The van der Waals surface area contributed by atoms with Gasteiger partial charge in [-0.25, -0.2) is 0 Å². The molecule has 21 heavy (non-hydrogen) atoms. The van der Waals surface area contributed by atoms with Gasteiger partial charge in [0.15, 0.2) is 0 Å². The van der Waals surface area contributed by atoms with Gasteiger partial charge in [0.05, 0.1) is 12.2 Å². The molecule has 2 rings (SSSR count). The molecule has 112 valence electrons. The minimum atomic E-state index is 0.0629. The Balaban J connectivity index is 2.16. The molecule has 0 N–H and O–H groups in total. The Hall–Kier alpha value is -1.64. The van der Waals surface area contributed by atoms with E-state index < -0.39 is 0 Å². The van der Waals surface area contributed by atoms with E-state index in [1.165, 1.54) is 11.1 Å². The van der Waals surface area contributed by atoms with Gasteiger partial charge in [0, 0.05) is 19.6 Å². The first-order chi connectivity index (χ1) is 10.3. The van der Waals surface area contributed by atoms with Gasteiger partial charge in [0.1, 0.15) is 0 Å². The van der Waals surface area contributed by atoms with E-state index in [1.807, 2.05) is 26.0 Å². The molecule has 0 heterocycles. The van der Waals surface area contributed by atoms with Gasteiger partial charge in [0.2, 0.25) is 0 Å². The Labute approximate surface area is 127 Å². The lowest BCUT2D eigenvalue weighted by Crippen LogP contribution is -2.13. The summed E-state index contributed by atoms with van der Waals surface area (Å²) in [5, 5.41) is 0. The summed E-state index contributed by atoms with van der Waals surface area (Å²) >= 11 is 0. The highest BCUT2D eigenvalue weighted by Gasteiger charge is 2.20. The van der Waals surface area contributed by atoms with Crippen LogP contribution in [-0.4, -0.2) is 13.2 Å². The molecule has 2 atom stereocenters. The van der Waals surface area contributed by atoms with Crippen molar-refractivity contribution in [3.8, 4) is 0 Å². The van der Waals surface area contributed by atoms with Crippen molar-refractivity contribution in [2.24, 2.45) is 0 Å². The fraction of sp³-hybridized carbons (Fsp3) is 0.368. The number of hydrogen-bond donors (Lipinski definition) is 0. The Kier molecular flexibility index (Phi) is 6.45. The van der Waals surface area contributed by atoms with Crippen molar-refractivity contribution in [2.45, 2.75) is 32.5 Å². The summed E-state index contributed by atoms with van der Waals surface area (Å²) in [6.45, 7) is 5.47. The minimum absolute atomic E-state index is 0.0629. The fourth-order valence-electron chi connectivity index (χ4n) is 2.53. The van der Waals surface area contributed by atoms with Gasteiger partial charge in [-0.2, -0.15) is 0 Å². The lowest BCUT2D eigenvalue weighted by Gasteiger charge is -2.24. The van der Waals surface area contributed by atoms with Crippen LogP contribution >= 0.6 is 0 Å². The number of hydrogen-bond acceptors (Lipinski definition) is 2. The molecule has 2 nitrogen and oxygen atoms in total. The zero-order valence-electron chi connectivity index (χ0n) is 12.9. The van der Waals surface area contributed by atoms with E-state index >= 15 is 0 Å². The van der Waals surface area contributed by atoms with Crippen LogP contribution in [0.5, 0.6) is 0 Å². The topological polar surface area (TPSA) is 18.5 Å². The smallest absolute Gasteiger partial charge is 0.0852 e. The third kappa shape index (κ3) is 4.69. The molecule has 0 radical (unpaired) electrons. The largest absolute Gasteiger partial charge is 0.374 e. The summed E-state index contributed by atoms with van der Waals surface area (Å²) in [4.78, 5) is 0. The van der Waals surface area contributed by atoms with Gasteiger partial charge in [-0.05, 0) is 25.0 Å². The average Bonchev–Trinajstić information content (AvgIpc) is 2.55. The van der Waals surface area contributed by atoms with E-state index in [4.69, 9.17) is 9.47 Å². The second-order valence-electron chi connectivity index (χ2n) is 4.95. The molecule has 2 heteroatoms. The van der Waals surface area contributed by atoms with Crippen molar-refractivity contribution in [3.05, 3.63) is 71.8 Å². The van der Waals surface area contributed by atoms with Gasteiger partial charge in [0.25, 0.3) is 0 Å². The number of rotatable bonds is 8. The molecule has 0 saturated heterocycles. The number of benzene rings is 2. The van der Waals surface area contributed by atoms with E-state index in [0.717, 1.165) is 6.42 Å². The SMILES string of the molecule is CCO[C@@H](C[C@H](OCC)c1ccccc1)c1ccccc1. The quantitative estimate of drug-likeness (QED) is 0.684. The van der Waals surface area contributed by atoms with Crippen LogP contribution in [-0.2, 0) is 9.47 Å². The maximum absolute atomic E-state index is 5.95. The molecule has 0 fully saturated rings. The van der Waals surface area contributed by atoms with Gasteiger partial charge in [-0.1, -0.05) is 60.7 Å². The summed E-state index contributed by atoms with van der Waals surface area (Å²) in [5.74, 6) is 0. The van der Waals surface area contributed by atoms with Gasteiger partial charge < -0.3 is 9.47 Å². The minimum Gasteiger partial charge on any atom is -0.374 e. The molecule has 0 aromatic heterocycles. The zero-order chi connectivity index (χ0) is 14.9. The molecule has 0 bridgehead atoms. The van der Waals surface area contributed by atoms with Gasteiger partial charge in [-0.15, -0.1) is 0 Å². The summed E-state index contributed by atoms with van der Waals surface area (Å²) in [7, 11) is 0. The van der Waals surface area contributed by atoms with E-state index in [1.54, 1.807) is 0 Å². The van der Waals surface area contributed by atoms with Crippen LogP contribution in [0, 0.1) is 0 Å². The summed E-state index contributed by atoms with van der Waals surface area (Å²) < 4.78 is 11.9. The average molecular weight is 284 g/mol. The molecule has 0 aliphatic rings. The molecule has 0 amide bonds. The lowest BCUT2D eigenvalue weighted by molar-refractivity contribution is -0.0126. The van der Waals surface area contributed by atoms with Crippen LogP contribution in [0.1, 0.15) is 43.6 Å². The van der Waals surface area contributed by atoms with Crippen molar-refractivity contribution in [2.75, 3.05) is 13.2 Å². The molecular weight excluding hydrogens is 260 g/mol. The lowest BCUT2D eigenvalue weighted by atomic mass is 9.98. The van der Waals surface area contributed by atoms with E-state index in [9.17, 15) is 0 Å². The highest BCUT2D eigenvalue weighted by Crippen LogP contribution is 2.31. The van der Waals surface area contributed by atoms with Gasteiger partial charge in [-0.3, -0.25) is 0 Å². The highest BCUT2D eigenvalue weighted by atomic mass is 16.5. The second kappa shape index (κ2) is 8.60. The highest BCUT2D eigenvalue weighted by molar-refractivity contribution is 5.21. The Morgan fingerprint density at radius 2 is 1.05 bits per heavy atom. The van der Waals surface area contributed by atoms with Crippen molar-refractivity contribution in [3.63, 3.8) is 0 Å². The van der Waals surface area contributed by atoms with Crippen molar-refractivity contribution in [1.82, 2.24) is 0 Å². The summed E-state index contributed by atoms with van der Waals surface area (Å²) in [5.41, 5.74) is 2.42. The Morgan fingerprint density at radius 3 is 1.38 bits per heavy atom. The molecule has 2 aromatic rings. The fourth-order valence-corrected chi connectivity index (χ4v) is 2.53. The number of ether oxygens (including phenoxy) is 2. The van der Waals surface area contributed by atoms with Crippen LogP contribution in [0.15, 0.2) is 60.7 Å². The molecular formula is C19H24O2. The molecule has 2 aromatic carbocycles. The molecule has 0 spiro atoms. The van der Waals surface area contributed by atoms with Crippen molar-refractivity contribution in [1.29, 1.82) is 0 Å². The summed E-state index contributed by atoms with van der Waals surface area (Å²) in [6, 6.07) is 20.8. The first-order valence-corrected chi connectivity index (χ1v) is 7.68. The first-order valence-electron chi connectivity index (χ1n) is 7.68. The summed E-state index contributed by atoms with van der Waals surface area (Å²) in [6.07, 6.45) is 0.955. The van der Waals surface area contributed by atoms with Crippen LogP contribution < -0.4 is 0 Å². The second-order valence-corrected chi connectivity index (χ2v) is 4.95. The molecule has 0 aliphatic heterocycles. The zero-order valence-corrected chi connectivity index (χ0v) is 12.9. The van der Waals surface area contributed by atoms with Crippen LogP contribution in [0.25, 0.3) is 0 Å². The standard InChI is InChI=1S/C19H24O2/c1-3-20-18(16-11-7-5-8-12-16)15-19(21-4-2)17-13-9-6-10-14-17/h5-14,18-19H,3-4,15H2,1-2H3/t18-,19-/m0/s1. The Morgan fingerprint density at radius 1 is 0.667 bits per heavy atom. The maximum Gasteiger partial charge on any atom is 0.0852 e. The third-order valence-electron chi connectivity index (χ3n) is 3.51. The van der Waals surface area contributed by atoms with Crippen LogP contribution in [0.3, 0.4) is 0 Å². The van der Waals surface area contributed by atoms with Crippen LogP contribution in [0.2, 0.25) is 0 Å². The Bertz CT molecular complexity index is 448. The van der Waals surface area contributed by atoms with Crippen molar-refractivity contribution < 1.29 is 9.47 Å². The van der Waals surface area contributed by atoms with E-state index in [2.05, 4.69) is 48.5 Å². The van der Waals surface area contributed by atoms with Crippen LogP contribution in [0.4, 0.5) is 0 Å². The van der Waals surface area contributed by atoms with Gasteiger partial charge >= 0.3 is 0 Å². The maximum atomic E-state index is 5.95. The first kappa shape index (κ1) is 15.7. The van der Waals surface area contributed by atoms with Crippen molar-refractivity contribution >= 4 is 0 Å². The third-order valence-corrected chi connectivity index (χ3v) is 3.51. The van der Waals surface area contributed by atoms with E-state index in [-0.39, 0.29) is 12.2 Å². The normalized spacial score (nSPS) is 13.8. The van der Waals surface area contributed by atoms with E-state index in [0.29, 0.717) is 13.2 Å². The molecule has 0 saturated carbocycles. The predicted molar refractivity (Wildman–Crippen MR) is 86.2 cm³/mol. The monoisotopic (exact) mass is 284 g/mol. The molecule has 0 unspecified atom stereocenters.